The van der Waals surface area contributed by atoms with Crippen LogP contribution in [0.3, 0.4) is 0 Å². The lowest BCUT2D eigenvalue weighted by Crippen LogP contribution is -2.42. The fourth-order valence-corrected chi connectivity index (χ4v) is 5.22. The summed E-state index contributed by atoms with van der Waals surface area (Å²) < 4.78 is 41.1. The molecular weight excluding hydrogens is 503 g/mol. The van der Waals surface area contributed by atoms with Gasteiger partial charge < -0.3 is 15.5 Å². The van der Waals surface area contributed by atoms with Crippen LogP contribution in [0.15, 0.2) is 52.7 Å². The molecule has 0 spiro atoms. The average molecular weight is 522 g/mol. The number of alkyl halides is 2. The molecule has 2 aliphatic heterocycles. The van der Waals surface area contributed by atoms with Crippen LogP contribution in [0.25, 0.3) is 5.57 Å². The number of aromatic nitrogens is 3. The van der Waals surface area contributed by atoms with Gasteiger partial charge in [-0.1, -0.05) is 17.7 Å². The van der Waals surface area contributed by atoms with Crippen LogP contribution >= 0.6 is 22.9 Å². The van der Waals surface area contributed by atoms with Crippen LogP contribution in [0.2, 0.25) is 5.02 Å². The van der Waals surface area contributed by atoms with Crippen molar-refractivity contribution >= 4 is 40.4 Å². The third-order valence-electron chi connectivity index (χ3n) is 5.79. The molecule has 182 valence electrons. The number of hydrogen-bond donors (Lipinski definition) is 2. The van der Waals surface area contributed by atoms with Crippen LogP contribution in [0.4, 0.5) is 18.0 Å². The minimum atomic E-state index is -2.82. The van der Waals surface area contributed by atoms with E-state index in [4.69, 9.17) is 16.6 Å². The fraction of sp³-hybridized carbons (Fsp3) is 0.273. The van der Waals surface area contributed by atoms with Crippen LogP contribution in [0.1, 0.15) is 35.3 Å². The van der Waals surface area contributed by atoms with Gasteiger partial charge in [-0.3, -0.25) is 4.99 Å². The Labute approximate surface area is 207 Å². The highest BCUT2D eigenvalue weighted by molar-refractivity contribution is 7.11. The van der Waals surface area contributed by atoms with Gasteiger partial charge in [-0.2, -0.15) is 13.9 Å². The number of urea groups is 1. The van der Waals surface area contributed by atoms with Crippen molar-refractivity contribution in [2.24, 2.45) is 4.99 Å². The number of aliphatic imine (C=N–C) groups is 1. The van der Waals surface area contributed by atoms with Crippen molar-refractivity contribution in [1.82, 2.24) is 30.3 Å². The summed E-state index contributed by atoms with van der Waals surface area (Å²) in [4.78, 5) is 23.3. The smallest absolute Gasteiger partial charge is 0.333 e. The Bertz CT molecular complexity index is 1320. The first-order valence-electron chi connectivity index (χ1n) is 10.6. The molecule has 4 heterocycles. The summed E-state index contributed by atoms with van der Waals surface area (Å²) in [7, 11) is 1.52. The lowest BCUT2D eigenvalue weighted by atomic mass is 9.92. The van der Waals surface area contributed by atoms with Crippen molar-refractivity contribution in [3.63, 3.8) is 0 Å². The second-order valence-electron chi connectivity index (χ2n) is 7.91. The van der Waals surface area contributed by atoms with Crippen molar-refractivity contribution in [3.8, 4) is 0 Å². The number of amidine groups is 1. The molecule has 2 N–H and O–H groups in total. The molecule has 2 amide bonds. The first kappa shape index (κ1) is 23.4. The topological polar surface area (TPSA) is 87.4 Å². The minimum absolute atomic E-state index is 0.148. The predicted molar refractivity (Wildman–Crippen MR) is 126 cm³/mol. The van der Waals surface area contributed by atoms with Gasteiger partial charge in [0.2, 0.25) is 0 Å². The van der Waals surface area contributed by atoms with Gasteiger partial charge in [0.25, 0.3) is 0 Å². The number of hydrogen-bond acceptors (Lipinski definition) is 6. The second kappa shape index (κ2) is 9.34. The maximum atomic E-state index is 13.9. The van der Waals surface area contributed by atoms with Gasteiger partial charge in [0.15, 0.2) is 10.8 Å². The Hall–Kier alpha value is -3.38. The summed E-state index contributed by atoms with van der Waals surface area (Å²) in [5.74, 6) is 0.0471. The molecule has 13 heteroatoms. The third kappa shape index (κ3) is 4.39. The van der Waals surface area contributed by atoms with E-state index in [9.17, 15) is 18.0 Å². The summed E-state index contributed by atoms with van der Waals surface area (Å²) in [5, 5.41) is 12.1. The largest absolute Gasteiger partial charge is 0.341 e. The van der Waals surface area contributed by atoms with Gasteiger partial charge in [-0.05, 0) is 18.2 Å². The summed E-state index contributed by atoms with van der Waals surface area (Å²) in [6.45, 7) is -2.42. The predicted octanol–water partition coefficient (Wildman–Crippen LogP) is 4.44. The van der Waals surface area contributed by atoms with E-state index in [1.54, 1.807) is 6.20 Å². The number of carbonyl (C=O) groups excluding carboxylic acids is 1. The van der Waals surface area contributed by atoms with Gasteiger partial charge in [0.05, 0.1) is 11.7 Å². The van der Waals surface area contributed by atoms with Gasteiger partial charge >= 0.3 is 12.6 Å². The molecule has 2 atom stereocenters. The molecule has 0 bridgehead atoms. The zero-order valence-electron chi connectivity index (χ0n) is 18.3. The van der Waals surface area contributed by atoms with Gasteiger partial charge in [-0.15, -0.1) is 11.3 Å². The number of thiazole rings is 1. The Morgan fingerprint density at radius 2 is 2.14 bits per heavy atom. The fourth-order valence-electron chi connectivity index (χ4n) is 4.31. The van der Waals surface area contributed by atoms with Crippen LogP contribution in [-0.4, -0.2) is 51.2 Å². The Kier molecular flexibility index (Phi) is 6.24. The third-order valence-corrected chi connectivity index (χ3v) is 6.88. The lowest BCUT2D eigenvalue weighted by molar-refractivity contribution is 0.0564. The highest BCUT2D eigenvalue weighted by Crippen LogP contribution is 2.46. The highest BCUT2D eigenvalue weighted by Gasteiger charge is 2.41. The SMILES string of the molecule is CNC(=O)N[C@H]1CC2=C(c3ccn(C(F)F)n3)[C@H](c3ccc(F)cc3Cl)N=C(c3nccs3)N2C1. The van der Waals surface area contributed by atoms with Crippen molar-refractivity contribution in [2.75, 3.05) is 13.6 Å². The van der Waals surface area contributed by atoms with E-state index in [2.05, 4.69) is 20.7 Å². The second-order valence-corrected chi connectivity index (χ2v) is 9.21. The molecule has 2 aromatic heterocycles. The van der Waals surface area contributed by atoms with E-state index >= 15 is 0 Å². The monoisotopic (exact) mass is 521 g/mol. The molecule has 0 radical (unpaired) electrons. The number of nitrogens with one attached hydrogen (secondary N) is 2. The summed E-state index contributed by atoms with van der Waals surface area (Å²) >= 11 is 7.82. The van der Waals surface area contributed by atoms with E-state index in [-0.39, 0.29) is 17.1 Å². The molecule has 5 rings (SSSR count). The van der Waals surface area contributed by atoms with Crippen LogP contribution in [0, 0.1) is 5.82 Å². The molecular formula is C22H19ClF3N7OS. The van der Waals surface area contributed by atoms with E-state index in [0.717, 1.165) is 5.70 Å². The summed E-state index contributed by atoms with van der Waals surface area (Å²) in [6.07, 6.45) is 3.24. The number of fused-ring (bicyclic) bond motifs is 1. The first-order valence-corrected chi connectivity index (χ1v) is 11.9. The van der Waals surface area contributed by atoms with Gasteiger partial charge in [0, 0.05) is 59.6 Å². The normalized spacial score (nSPS) is 19.7. The minimum Gasteiger partial charge on any atom is -0.341 e. The van der Waals surface area contributed by atoms with E-state index in [1.807, 2.05) is 10.3 Å². The van der Waals surface area contributed by atoms with Crippen molar-refractivity contribution in [3.05, 3.63) is 74.8 Å². The number of halogens is 4. The molecule has 1 aromatic carbocycles. The van der Waals surface area contributed by atoms with Gasteiger partial charge in [0.1, 0.15) is 11.9 Å². The number of rotatable bonds is 5. The van der Waals surface area contributed by atoms with Crippen LogP contribution < -0.4 is 10.6 Å². The number of carbonyl (C=O) groups is 1. The maximum Gasteiger partial charge on any atom is 0.333 e. The molecule has 1 saturated heterocycles. The van der Waals surface area contributed by atoms with Crippen LogP contribution in [0.5, 0.6) is 0 Å². The maximum absolute atomic E-state index is 13.9. The Morgan fingerprint density at radius 1 is 1.31 bits per heavy atom. The highest BCUT2D eigenvalue weighted by atomic mass is 35.5. The molecule has 8 nitrogen and oxygen atoms in total. The standard InChI is InChI=1S/C22H19ClF3N7OS/c1-27-22(34)29-12-9-16-17(15-4-6-33(31-15)21(25)26)18(13-3-2-11(24)8-14(13)23)30-19(32(16)10-12)20-28-5-7-35-20/h2-8,12,18,21H,9-10H2,1H3,(H2,27,29,34)/t12-,18-/m0/s1. The van der Waals surface area contributed by atoms with Crippen molar-refractivity contribution < 1.29 is 18.0 Å². The van der Waals surface area contributed by atoms with Crippen LogP contribution in [-0.2, 0) is 0 Å². The van der Waals surface area contributed by atoms with E-state index in [1.165, 1.54) is 48.8 Å². The molecule has 1 fully saturated rings. The molecule has 0 aliphatic carbocycles. The van der Waals surface area contributed by atoms with Gasteiger partial charge in [-0.25, -0.2) is 18.9 Å². The lowest BCUT2D eigenvalue weighted by Gasteiger charge is -2.32. The molecule has 3 aromatic rings. The van der Waals surface area contributed by atoms with Crippen molar-refractivity contribution in [2.45, 2.75) is 25.1 Å². The zero-order valence-corrected chi connectivity index (χ0v) is 19.8. The average Bonchev–Trinajstić information content (AvgIpc) is 3.58. The van der Waals surface area contributed by atoms with Crippen molar-refractivity contribution in [1.29, 1.82) is 0 Å². The molecule has 0 saturated carbocycles. The summed E-state index contributed by atoms with van der Waals surface area (Å²) in [6, 6.07) is 4.09. The number of amides is 2. The first-order chi connectivity index (χ1) is 16.9. The number of benzene rings is 1. The summed E-state index contributed by atoms with van der Waals surface area (Å²) in [5.41, 5.74) is 2.09. The molecule has 2 aliphatic rings. The van der Waals surface area contributed by atoms with E-state index < -0.39 is 18.4 Å². The molecule has 0 unspecified atom stereocenters. The quantitative estimate of drug-likeness (QED) is 0.519. The van der Waals surface area contributed by atoms with E-state index in [0.29, 0.717) is 45.3 Å². The number of nitrogens with zero attached hydrogens (tertiary/aromatic N) is 5. The Balaban J connectivity index is 1.70. The Morgan fingerprint density at radius 3 is 2.80 bits per heavy atom. The molecule has 35 heavy (non-hydrogen) atoms. The zero-order chi connectivity index (χ0) is 24.7.